The molecule has 0 unspecified atom stereocenters. The number of hydrogen-bond acceptors (Lipinski definition) is 4. The molecule has 2 aromatic heterocycles. The highest BCUT2D eigenvalue weighted by Gasteiger charge is 2.20. The van der Waals surface area contributed by atoms with Crippen LogP contribution in [-0.4, -0.2) is 19.6 Å². The van der Waals surface area contributed by atoms with Crippen LogP contribution in [0.5, 0.6) is 0 Å². The zero-order valence-electron chi connectivity index (χ0n) is 9.91. The van der Waals surface area contributed by atoms with Gasteiger partial charge < -0.3 is 5.32 Å². The first-order chi connectivity index (χ1) is 9.97. The quantitative estimate of drug-likeness (QED) is 0.448. The SMILES string of the molecule is Fc1cc(F)c(F)c(Nc2cc(Cl)nc3ncnn23)c1F. The molecule has 0 spiro atoms. The van der Waals surface area contributed by atoms with E-state index >= 15 is 0 Å². The zero-order valence-corrected chi connectivity index (χ0v) is 10.7. The molecule has 0 saturated heterocycles. The lowest BCUT2D eigenvalue weighted by Crippen LogP contribution is -2.07. The predicted octanol–water partition coefficient (Wildman–Crippen LogP) is 3.08. The van der Waals surface area contributed by atoms with E-state index in [0.29, 0.717) is 0 Å². The van der Waals surface area contributed by atoms with Gasteiger partial charge in [0.05, 0.1) is 0 Å². The van der Waals surface area contributed by atoms with E-state index in [9.17, 15) is 17.6 Å². The smallest absolute Gasteiger partial charge is 0.255 e. The number of fused-ring (bicyclic) bond motifs is 1. The van der Waals surface area contributed by atoms with Crippen LogP contribution in [0.25, 0.3) is 5.78 Å². The normalized spacial score (nSPS) is 11.1. The fraction of sp³-hybridized carbons (Fsp3) is 0. The second-order valence-corrected chi connectivity index (χ2v) is 4.29. The van der Waals surface area contributed by atoms with E-state index in [1.54, 1.807) is 0 Å². The molecule has 5 nitrogen and oxygen atoms in total. The van der Waals surface area contributed by atoms with Crippen molar-refractivity contribution in [3.63, 3.8) is 0 Å². The summed E-state index contributed by atoms with van der Waals surface area (Å²) in [6.07, 6.45) is 1.13. The number of hydrogen-bond donors (Lipinski definition) is 1. The summed E-state index contributed by atoms with van der Waals surface area (Å²) in [6, 6.07) is 1.28. The molecule has 21 heavy (non-hydrogen) atoms. The highest BCUT2D eigenvalue weighted by atomic mass is 35.5. The summed E-state index contributed by atoms with van der Waals surface area (Å²) in [4.78, 5) is 7.54. The van der Waals surface area contributed by atoms with Gasteiger partial charge in [-0.15, -0.1) is 0 Å². The number of nitrogens with zero attached hydrogens (tertiary/aromatic N) is 4. The van der Waals surface area contributed by atoms with Gasteiger partial charge >= 0.3 is 0 Å². The van der Waals surface area contributed by atoms with Crippen LogP contribution in [0, 0.1) is 23.3 Å². The van der Waals surface area contributed by atoms with Crippen LogP contribution in [0.1, 0.15) is 0 Å². The molecule has 10 heteroatoms. The van der Waals surface area contributed by atoms with Crippen molar-refractivity contribution in [2.45, 2.75) is 0 Å². The van der Waals surface area contributed by atoms with Gasteiger partial charge in [0.25, 0.3) is 5.78 Å². The summed E-state index contributed by atoms with van der Waals surface area (Å²) in [5.41, 5.74) is -1.01. The zero-order chi connectivity index (χ0) is 15.1. The predicted molar refractivity (Wildman–Crippen MR) is 65.3 cm³/mol. The van der Waals surface area contributed by atoms with Gasteiger partial charge in [0, 0.05) is 12.1 Å². The molecule has 2 heterocycles. The summed E-state index contributed by atoms with van der Waals surface area (Å²) in [7, 11) is 0. The number of halogens is 5. The van der Waals surface area contributed by atoms with Gasteiger partial charge in [0.1, 0.15) is 23.0 Å². The molecule has 3 aromatic rings. The summed E-state index contributed by atoms with van der Waals surface area (Å²) in [5, 5.41) is 5.90. The van der Waals surface area contributed by atoms with Crippen molar-refractivity contribution in [3.8, 4) is 0 Å². The highest BCUT2D eigenvalue weighted by Crippen LogP contribution is 2.28. The van der Waals surface area contributed by atoms with E-state index in [-0.39, 0.29) is 22.8 Å². The van der Waals surface area contributed by atoms with E-state index in [1.807, 2.05) is 0 Å². The fourth-order valence-corrected chi connectivity index (χ4v) is 1.86. The van der Waals surface area contributed by atoms with Gasteiger partial charge in [0.15, 0.2) is 23.3 Å². The first-order valence-electron chi connectivity index (χ1n) is 5.43. The van der Waals surface area contributed by atoms with Crippen LogP contribution in [0.3, 0.4) is 0 Å². The number of rotatable bonds is 2. The largest absolute Gasteiger partial charge is 0.335 e. The van der Waals surface area contributed by atoms with Gasteiger partial charge in [0.2, 0.25) is 0 Å². The van der Waals surface area contributed by atoms with Crippen LogP contribution in [-0.2, 0) is 0 Å². The Bertz CT molecular complexity index is 824. The Morgan fingerprint density at radius 1 is 1.05 bits per heavy atom. The van der Waals surface area contributed by atoms with E-state index in [0.717, 1.165) is 10.8 Å². The van der Waals surface area contributed by atoms with Crippen LogP contribution < -0.4 is 5.32 Å². The van der Waals surface area contributed by atoms with Crippen molar-refractivity contribution in [2.24, 2.45) is 0 Å². The van der Waals surface area contributed by atoms with Crippen molar-refractivity contribution in [3.05, 3.63) is 46.9 Å². The molecule has 0 amide bonds. The van der Waals surface area contributed by atoms with Crippen LogP contribution in [0.2, 0.25) is 5.15 Å². The second kappa shape index (κ2) is 4.85. The molecule has 0 radical (unpaired) electrons. The molecule has 0 fully saturated rings. The summed E-state index contributed by atoms with van der Waals surface area (Å²) in [5.74, 6) is -6.24. The van der Waals surface area contributed by atoms with Gasteiger partial charge in [-0.2, -0.15) is 19.6 Å². The third-order valence-corrected chi connectivity index (χ3v) is 2.78. The third-order valence-electron chi connectivity index (χ3n) is 2.59. The number of aromatic nitrogens is 4. The Hall–Kier alpha value is -2.42. The minimum atomic E-state index is -1.57. The van der Waals surface area contributed by atoms with E-state index < -0.39 is 29.0 Å². The monoisotopic (exact) mass is 317 g/mol. The van der Waals surface area contributed by atoms with Gasteiger partial charge in [-0.25, -0.2) is 17.6 Å². The number of benzene rings is 1. The van der Waals surface area contributed by atoms with Crippen molar-refractivity contribution in [2.75, 3.05) is 5.32 Å². The highest BCUT2D eigenvalue weighted by molar-refractivity contribution is 6.29. The Labute approximate surface area is 119 Å². The average Bonchev–Trinajstić information content (AvgIpc) is 2.89. The van der Waals surface area contributed by atoms with Crippen molar-refractivity contribution < 1.29 is 17.6 Å². The Morgan fingerprint density at radius 3 is 2.38 bits per heavy atom. The van der Waals surface area contributed by atoms with Crippen LogP contribution in [0.15, 0.2) is 18.5 Å². The molecule has 0 bridgehead atoms. The van der Waals surface area contributed by atoms with Crippen LogP contribution >= 0.6 is 11.6 Å². The van der Waals surface area contributed by atoms with E-state index in [2.05, 4.69) is 20.4 Å². The van der Waals surface area contributed by atoms with Crippen molar-refractivity contribution in [1.82, 2.24) is 19.6 Å². The second-order valence-electron chi connectivity index (χ2n) is 3.90. The molecule has 3 rings (SSSR count). The molecule has 108 valence electrons. The number of anilines is 2. The van der Waals surface area contributed by atoms with Crippen molar-refractivity contribution in [1.29, 1.82) is 0 Å². The lowest BCUT2D eigenvalue weighted by atomic mass is 10.2. The maximum Gasteiger partial charge on any atom is 0.255 e. The minimum Gasteiger partial charge on any atom is -0.335 e. The Balaban J connectivity index is 2.17. The fourth-order valence-electron chi connectivity index (χ4n) is 1.68. The van der Waals surface area contributed by atoms with E-state index in [1.165, 1.54) is 6.07 Å². The molecular formula is C11H4ClF4N5. The minimum absolute atomic E-state index is 0.0442. The Kier molecular flexibility index (Phi) is 3.13. The topological polar surface area (TPSA) is 55.1 Å². The first kappa shape index (κ1) is 13.6. The standard InChI is InChI=1S/C11H4ClF4N5/c12-6-2-7(21-11(19-6)17-3-18-21)20-10-8(15)4(13)1-5(14)9(10)16/h1-3,20H. The van der Waals surface area contributed by atoms with Crippen molar-refractivity contribution >= 4 is 28.9 Å². The maximum atomic E-state index is 13.6. The lowest BCUT2D eigenvalue weighted by Gasteiger charge is -2.11. The summed E-state index contributed by atoms with van der Waals surface area (Å²) >= 11 is 5.72. The molecule has 0 atom stereocenters. The molecule has 0 aliphatic rings. The maximum absolute atomic E-state index is 13.6. The molecular weight excluding hydrogens is 314 g/mol. The molecule has 0 saturated carbocycles. The molecule has 0 aliphatic heterocycles. The summed E-state index contributed by atoms with van der Waals surface area (Å²) < 4.78 is 54.6. The molecule has 1 N–H and O–H groups in total. The van der Waals surface area contributed by atoms with Gasteiger partial charge in [-0.05, 0) is 0 Å². The van der Waals surface area contributed by atoms with E-state index in [4.69, 9.17) is 11.6 Å². The third kappa shape index (κ3) is 2.25. The number of nitrogens with one attached hydrogen (secondary N) is 1. The van der Waals surface area contributed by atoms with Gasteiger partial charge in [-0.3, -0.25) is 0 Å². The molecule has 1 aromatic carbocycles. The summed E-state index contributed by atoms with van der Waals surface area (Å²) in [6.45, 7) is 0. The lowest BCUT2D eigenvalue weighted by molar-refractivity contribution is 0.459. The average molecular weight is 318 g/mol. The molecule has 0 aliphatic carbocycles. The van der Waals surface area contributed by atoms with Gasteiger partial charge in [-0.1, -0.05) is 11.6 Å². The Morgan fingerprint density at radius 2 is 1.71 bits per heavy atom. The first-order valence-corrected chi connectivity index (χ1v) is 5.81. The van der Waals surface area contributed by atoms with Crippen LogP contribution in [0.4, 0.5) is 29.1 Å².